The Labute approximate surface area is 68.6 Å². The second kappa shape index (κ2) is 4.83. The first kappa shape index (κ1) is 11.1. The molecule has 0 aromatic carbocycles. The molecule has 0 amide bonds. The van der Waals surface area contributed by atoms with Gasteiger partial charge in [0.1, 0.15) is 0 Å². The third kappa shape index (κ3) is 4.49. The predicted molar refractivity (Wildman–Crippen MR) is 47.5 cm³/mol. The van der Waals surface area contributed by atoms with Gasteiger partial charge < -0.3 is 0 Å². The molecule has 3 nitrogen and oxygen atoms in total. The van der Waals surface area contributed by atoms with Gasteiger partial charge in [-0.25, -0.2) is 0 Å². The highest BCUT2D eigenvalue weighted by Gasteiger charge is 2.35. The van der Waals surface area contributed by atoms with Crippen molar-refractivity contribution in [1.29, 1.82) is 0 Å². The van der Waals surface area contributed by atoms with Gasteiger partial charge in [0.05, 0.1) is 14.2 Å². The van der Waals surface area contributed by atoms with Crippen LogP contribution < -0.4 is 0 Å². The molecule has 0 spiro atoms. The van der Waals surface area contributed by atoms with Gasteiger partial charge in [0.25, 0.3) is 0 Å². The lowest BCUT2D eigenvalue weighted by molar-refractivity contribution is 0.244. The first-order chi connectivity index (χ1) is 5.04. The summed E-state index contributed by atoms with van der Waals surface area (Å²) in [6.45, 7) is 3.94. The van der Waals surface area contributed by atoms with E-state index in [0.717, 1.165) is 5.57 Å². The average molecular weight is 179 g/mol. The van der Waals surface area contributed by atoms with Crippen molar-refractivity contribution in [2.75, 3.05) is 20.4 Å². The lowest BCUT2D eigenvalue weighted by atomic mass is 10.3. The predicted octanol–water partition coefficient (Wildman–Crippen LogP) is 2.00. The molecule has 0 bridgehead atoms. The normalized spacial score (nSPS) is 11.4. The minimum Gasteiger partial charge on any atom is -0.192 e. The van der Waals surface area contributed by atoms with Gasteiger partial charge in [-0.05, 0) is 19.9 Å². The van der Waals surface area contributed by atoms with E-state index in [-0.39, 0.29) is 0 Å². The van der Waals surface area contributed by atoms with E-state index < -0.39 is 7.94 Å². The van der Waals surface area contributed by atoms with Crippen LogP contribution in [0.15, 0.2) is 11.6 Å². The Morgan fingerprint density at radius 2 is 1.82 bits per heavy atom. The second-order valence-electron chi connectivity index (χ2n) is 2.47. The molecule has 0 unspecified atom stereocenters. The van der Waals surface area contributed by atoms with Gasteiger partial charge in [0, 0.05) is 0 Å². The fourth-order valence-corrected chi connectivity index (χ4v) is 1.56. The molecule has 0 fully saturated rings. The van der Waals surface area contributed by atoms with Crippen molar-refractivity contribution in [1.82, 2.24) is 0 Å². The SMILES string of the molecule is CO[P+](O)(CC=C(C)C)OC. The van der Waals surface area contributed by atoms with Gasteiger partial charge >= 0.3 is 7.94 Å². The zero-order valence-corrected chi connectivity index (χ0v) is 8.39. The fraction of sp³-hybridized carbons (Fsp3) is 0.714. The summed E-state index contributed by atoms with van der Waals surface area (Å²) < 4.78 is 9.67. The first-order valence-corrected chi connectivity index (χ1v) is 5.16. The summed E-state index contributed by atoms with van der Waals surface area (Å²) in [5.41, 5.74) is 1.15. The van der Waals surface area contributed by atoms with E-state index in [9.17, 15) is 4.89 Å². The third-order valence-electron chi connectivity index (χ3n) is 1.30. The quantitative estimate of drug-likeness (QED) is 0.530. The maximum absolute atomic E-state index is 9.50. The van der Waals surface area contributed by atoms with Gasteiger partial charge in [-0.2, -0.15) is 13.9 Å². The topological polar surface area (TPSA) is 38.7 Å². The minimum atomic E-state index is -2.56. The smallest absolute Gasteiger partial charge is 0.192 e. The lowest BCUT2D eigenvalue weighted by Crippen LogP contribution is -2.00. The molecule has 0 saturated carbocycles. The summed E-state index contributed by atoms with van der Waals surface area (Å²) in [4.78, 5) is 9.50. The van der Waals surface area contributed by atoms with Crippen LogP contribution in [0, 0.1) is 0 Å². The van der Waals surface area contributed by atoms with E-state index in [1.807, 2.05) is 19.9 Å². The monoisotopic (exact) mass is 179 g/mol. The molecular formula is C7H16O3P+. The van der Waals surface area contributed by atoms with E-state index >= 15 is 0 Å². The van der Waals surface area contributed by atoms with Crippen LogP contribution in [0.3, 0.4) is 0 Å². The molecule has 0 aliphatic carbocycles. The molecule has 1 N–H and O–H groups in total. The highest BCUT2D eigenvalue weighted by atomic mass is 31.2. The standard InChI is InChI=1S/C7H16O3P/c1-7(2)5-6-11(8,9-3)10-4/h5,8H,6H2,1-4H3/q+1. The van der Waals surface area contributed by atoms with Crippen LogP contribution in [-0.2, 0) is 9.05 Å². The van der Waals surface area contributed by atoms with Crippen LogP contribution in [0.25, 0.3) is 0 Å². The molecule has 0 aromatic rings. The zero-order valence-electron chi connectivity index (χ0n) is 7.50. The zero-order chi connectivity index (χ0) is 8.91. The summed E-state index contributed by atoms with van der Waals surface area (Å²) in [6, 6.07) is 0. The Kier molecular flexibility index (Phi) is 4.86. The van der Waals surface area contributed by atoms with E-state index in [4.69, 9.17) is 9.05 Å². The van der Waals surface area contributed by atoms with E-state index in [1.165, 1.54) is 14.2 Å². The molecule has 0 rings (SSSR count). The van der Waals surface area contributed by atoms with Crippen molar-refractivity contribution in [3.05, 3.63) is 11.6 Å². The Morgan fingerprint density at radius 3 is 2.09 bits per heavy atom. The highest BCUT2D eigenvalue weighted by Crippen LogP contribution is 2.55. The number of hydrogen-bond donors (Lipinski definition) is 1. The van der Waals surface area contributed by atoms with Crippen molar-refractivity contribution in [2.24, 2.45) is 0 Å². The van der Waals surface area contributed by atoms with Gasteiger partial charge in [-0.1, -0.05) is 5.57 Å². The molecular weight excluding hydrogens is 163 g/mol. The molecule has 4 heteroatoms. The van der Waals surface area contributed by atoms with Crippen LogP contribution >= 0.6 is 7.94 Å². The van der Waals surface area contributed by atoms with Crippen molar-refractivity contribution in [3.63, 3.8) is 0 Å². The first-order valence-electron chi connectivity index (χ1n) is 3.39. The molecule has 0 aliphatic heterocycles. The maximum Gasteiger partial charge on any atom is 0.412 e. The summed E-state index contributed by atoms with van der Waals surface area (Å²) in [7, 11) is 0.348. The number of rotatable bonds is 4. The van der Waals surface area contributed by atoms with Crippen molar-refractivity contribution >= 4 is 7.94 Å². The number of allylic oxidation sites excluding steroid dienone is 2. The van der Waals surface area contributed by atoms with Crippen molar-refractivity contribution in [3.8, 4) is 0 Å². The molecule has 66 valence electrons. The maximum atomic E-state index is 9.50. The highest BCUT2D eigenvalue weighted by molar-refractivity contribution is 7.60. The lowest BCUT2D eigenvalue weighted by Gasteiger charge is -2.10. The summed E-state index contributed by atoms with van der Waals surface area (Å²) in [6.07, 6.45) is 2.36. The van der Waals surface area contributed by atoms with Crippen LogP contribution in [0.4, 0.5) is 0 Å². The van der Waals surface area contributed by atoms with Gasteiger partial charge in [-0.3, -0.25) is 0 Å². The minimum absolute atomic E-state index is 0.461. The molecule has 0 aromatic heterocycles. The second-order valence-corrected chi connectivity index (χ2v) is 4.84. The van der Waals surface area contributed by atoms with E-state index in [1.54, 1.807) is 0 Å². The average Bonchev–Trinajstić information content (AvgIpc) is 2.00. The third-order valence-corrected chi connectivity index (χ3v) is 3.09. The molecule has 0 saturated heterocycles. The molecule has 0 aliphatic rings. The fourth-order valence-electron chi connectivity index (χ4n) is 0.522. The Bertz CT molecular complexity index is 137. The molecule has 0 atom stereocenters. The molecule has 0 heterocycles. The Morgan fingerprint density at radius 1 is 1.36 bits per heavy atom. The van der Waals surface area contributed by atoms with Crippen LogP contribution in [0.1, 0.15) is 13.8 Å². The Hall–Kier alpha value is 0.0500. The van der Waals surface area contributed by atoms with Gasteiger partial charge in [0.15, 0.2) is 6.16 Å². The molecule has 0 radical (unpaired) electrons. The van der Waals surface area contributed by atoms with Crippen molar-refractivity contribution < 1.29 is 13.9 Å². The van der Waals surface area contributed by atoms with Crippen molar-refractivity contribution in [2.45, 2.75) is 13.8 Å². The molecule has 11 heavy (non-hydrogen) atoms. The summed E-state index contributed by atoms with van der Waals surface area (Å²) in [5, 5.41) is 0. The van der Waals surface area contributed by atoms with Crippen LogP contribution in [-0.4, -0.2) is 25.3 Å². The summed E-state index contributed by atoms with van der Waals surface area (Å²) in [5.74, 6) is 0. The summed E-state index contributed by atoms with van der Waals surface area (Å²) >= 11 is 0. The Balaban J connectivity index is 3.98. The van der Waals surface area contributed by atoms with Gasteiger partial charge in [0.2, 0.25) is 0 Å². The largest absolute Gasteiger partial charge is 0.412 e. The van der Waals surface area contributed by atoms with E-state index in [2.05, 4.69) is 0 Å². The van der Waals surface area contributed by atoms with E-state index in [0.29, 0.717) is 6.16 Å². The van der Waals surface area contributed by atoms with Crippen LogP contribution in [0.5, 0.6) is 0 Å². The number of hydrogen-bond acceptors (Lipinski definition) is 3. The van der Waals surface area contributed by atoms with Gasteiger partial charge in [-0.15, -0.1) is 0 Å². The van der Waals surface area contributed by atoms with Crippen LogP contribution in [0.2, 0.25) is 0 Å².